The number of rotatable bonds is 38. The number of nitrogens with zero attached hydrogens (tertiary/aromatic N) is 4. The van der Waals surface area contributed by atoms with Gasteiger partial charge in [-0.25, -0.2) is 0 Å². The first kappa shape index (κ1) is 85.6. The van der Waals surface area contributed by atoms with Gasteiger partial charge < -0.3 is 77.8 Å². The van der Waals surface area contributed by atoms with Crippen molar-refractivity contribution in [2.45, 2.75) is 116 Å². The maximum atomic E-state index is 17.5. The number of ether oxygens (including phenoxy) is 8. The summed E-state index contributed by atoms with van der Waals surface area (Å²) >= 11 is 0. The highest BCUT2D eigenvalue weighted by molar-refractivity contribution is 6.45. The molecule has 24 heteroatoms. The van der Waals surface area contributed by atoms with Crippen molar-refractivity contribution in [3.8, 4) is 46.0 Å². The van der Waals surface area contributed by atoms with Crippen LogP contribution in [-0.2, 0) is 28.5 Å². The molecule has 15 aromatic rings. The monoisotopic (exact) mass is 1770 g/mol. The lowest BCUT2D eigenvalue weighted by Crippen LogP contribution is -2.51. The first-order chi connectivity index (χ1) is 64.2. The Morgan fingerprint density at radius 2 is 0.568 bits per heavy atom. The largest absolute Gasteiger partial charge is 0.457 e. The van der Waals surface area contributed by atoms with E-state index in [9.17, 15) is 0 Å². The average Bonchev–Trinajstić information content (AvgIpc) is 1.19. The third kappa shape index (κ3) is 16.7. The molecule has 2 aromatic heterocycles. The second kappa shape index (κ2) is 35.5. The molecule has 4 saturated heterocycles. The van der Waals surface area contributed by atoms with Crippen LogP contribution in [-0.4, -0.2) is 184 Å². The summed E-state index contributed by atoms with van der Waals surface area (Å²) in [4.78, 5) is 109. The van der Waals surface area contributed by atoms with Crippen molar-refractivity contribution in [1.29, 1.82) is 0 Å². The Labute approximate surface area is 762 Å². The van der Waals surface area contributed by atoms with E-state index in [1.165, 1.54) is 0 Å². The Morgan fingerprint density at radius 1 is 0.318 bits per heavy atom. The molecule has 0 aliphatic carbocycles. The van der Waals surface area contributed by atoms with Gasteiger partial charge in [0.1, 0.15) is 80.4 Å². The standard InChI is InChI=1S/C108H104N8O16/c1-59(2)63-17-27-69(28-18-63)127-89-47-81-93-82(104(118)115(103(81)117)101(67-25-35-79-77-13-9-11-15-85(77)131-87(79)45-67)107(121)113(41-37-109-51-73-55-123-73)42-38-110-52-74-56-124-74)49-91(129-71-31-21-65(22-32-71)61(5)6)97-98-92(130-72-33-23-66(24-34-72)62(7)8)50-84-94-83(48-90(96(100(94)98)95(89)99(93)97)128-70-29-19-64(20-30-70)60(3)4)105(119)116(106(84)120)102(68-26-36-80-78-14-10-12-16-86(78)132-88(80)46-68)108(122)114(43-39-111-53-75-57-125-75)44-40-112-54-76-58-126-76/h9-36,45-50,59-62,73-76,101-102,109-112H,37-44,51-58H2,1-8H3. The van der Waals surface area contributed by atoms with E-state index < -0.39 is 47.5 Å². The zero-order chi connectivity index (χ0) is 90.4. The minimum absolute atomic E-state index is 0.0165. The van der Waals surface area contributed by atoms with Crippen LogP contribution in [0.25, 0.3) is 87.0 Å². The summed E-state index contributed by atoms with van der Waals surface area (Å²) < 4.78 is 66.0. The number of amides is 6. The van der Waals surface area contributed by atoms with Gasteiger partial charge in [0.25, 0.3) is 35.4 Å². The summed E-state index contributed by atoms with van der Waals surface area (Å²) in [5.41, 5.74) is 6.69. The van der Waals surface area contributed by atoms with Crippen molar-refractivity contribution in [2.24, 2.45) is 0 Å². The Bertz CT molecular complexity index is 6340. The van der Waals surface area contributed by atoms with E-state index in [0.29, 0.717) is 135 Å². The number of benzene rings is 13. The van der Waals surface area contributed by atoms with E-state index in [1.54, 1.807) is 58.3 Å². The SMILES string of the molecule is CC(C)c1ccc(Oc2cc3c4c(cc(Oc5ccc(C(C)C)cc5)c5c6c(Oc7ccc(C(C)C)cc7)cc7c8c(cc(Oc9ccc(C(C)C)cc9)c(c2c45)c86)C(=O)N(C(C(=O)N(CCNCC2CO2)CCNCC2CO2)c2ccc4c(c2)oc2ccccc24)C7=O)C(=O)N(C(C(=O)N(CCNCC2CO2)CCNCC2CO2)c2ccc4c(c2)oc2ccccc24)C3=O)cc1. The first-order valence-corrected chi connectivity index (χ1v) is 46.1. The fourth-order valence-corrected chi connectivity index (χ4v) is 18.8. The summed E-state index contributed by atoms with van der Waals surface area (Å²) in [5.74, 6) is -2.23. The van der Waals surface area contributed by atoms with Gasteiger partial charge in [-0.2, -0.15) is 0 Å². The van der Waals surface area contributed by atoms with Crippen LogP contribution in [0.15, 0.2) is 215 Å². The van der Waals surface area contributed by atoms with Gasteiger partial charge in [-0.1, -0.05) is 165 Å². The summed E-state index contributed by atoms with van der Waals surface area (Å²) in [6.07, 6.45) is 0.162. The predicted molar refractivity (Wildman–Crippen MR) is 508 cm³/mol. The van der Waals surface area contributed by atoms with Crippen LogP contribution in [0.3, 0.4) is 0 Å². The van der Waals surface area contributed by atoms with Crippen LogP contribution >= 0.6 is 0 Å². The average molecular weight is 1770 g/mol. The maximum absolute atomic E-state index is 17.5. The minimum atomic E-state index is -1.65. The Kier molecular flexibility index (Phi) is 23.0. The van der Waals surface area contributed by atoms with Crippen LogP contribution in [0, 0.1) is 0 Å². The summed E-state index contributed by atoms with van der Waals surface area (Å²) in [5, 5.41) is 19.1. The van der Waals surface area contributed by atoms with E-state index in [-0.39, 0.29) is 163 Å². The van der Waals surface area contributed by atoms with Crippen molar-refractivity contribution in [2.75, 3.05) is 105 Å². The Morgan fingerprint density at radius 3 is 0.826 bits per heavy atom. The fraction of sp³-hybridized carbons (Fsp3) is 0.315. The van der Waals surface area contributed by atoms with Gasteiger partial charge in [0.2, 0.25) is 0 Å². The molecule has 24 nitrogen and oxygen atoms in total. The van der Waals surface area contributed by atoms with E-state index >= 15 is 28.8 Å². The molecule has 0 radical (unpaired) electrons. The molecule has 0 spiro atoms. The number of para-hydroxylation sites is 2. The molecule has 132 heavy (non-hydrogen) atoms. The molecule has 6 amide bonds. The van der Waals surface area contributed by atoms with Gasteiger partial charge in [0, 0.05) is 143 Å². The molecule has 4 N–H and O–H groups in total. The topological polar surface area (TPSA) is 277 Å². The van der Waals surface area contributed by atoms with Crippen molar-refractivity contribution >= 4 is 122 Å². The summed E-state index contributed by atoms with van der Waals surface area (Å²) in [7, 11) is 0. The number of fused-ring (bicyclic) bond motifs is 8. The van der Waals surface area contributed by atoms with Gasteiger partial charge >= 0.3 is 0 Å². The summed E-state index contributed by atoms with van der Waals surface area (Å²) in [6.45, 7) is 23.7. The molecule has 21 rings (SSSR count). The molecule has 0 bridgehead atoms. The fourth-order valence-electron chi connectivity index (χ4n) is 18.8. The smallest absolute Gasteiger partial charge is 0.262 e. The second-order valence-electron chi connectivity index (χ2n) is 36.8. The highest BCUT2D eigenvalue weighted by Gasteiger charge is 2.49. The zero-order valence-electron chi connectivity index (χ0n) is 75.0. The molecule has 0 saturated carbocycles. The van der Waals surface area contributed by atoms with Crippen molar-refractivity contribution in [3.05, 3.63) is 262 Å². The quantitative estimate of drug-likeness (QED) is 0.00920. The van der Waals surface area contributed by atoms with Crippen LogP contribution in [0.1, 0.15) is 166 Å². The van der Waals surface area contributed by atoms with Gasteiger partial charge in [0.05, 0.1) is 73.1 Å². The molecule has 672 valence electrons. The van der Waals surface area contributed by atoms with E-state index in [2.05, 4.69) is 76.7 Å². The number of epoxide rings is 4. The van der Waals surface area contributed by atoms with Gasteiger partial charge in [-0.3, -0.25) is 38.6 Å². The maximum Gasteiger partial charge on any atom is 0.262 e. The van der Waals surface area contributed by atoms with Crippen LogP contribution in [0.4, 0.5) is 0 Å². The molecule has 6 unspecified atom stereocenters. The molecule has 6 aliphatic rings. The van der Waals surface area contributed by atoms with Gasteiger partial charge in [-0.15, -0.1) is 0 Å². The number of hydrogen-bond acceptors (Lipinski definition) is 20. The molecule has 4 fully saturated rings. The number of carbonyl (C=O) groups excluding carboxylic acids is 6. The molecule has 8 heterocycles. The highest BCUT2D eigenvalue weighted by Crippen LogP contribution is 2.59. The van der Waals surface area contributed by atoms with E-state index in [4.69, 9.17) is 46.7 Å². The van der Waals surface area contributed by atoms with E-state index in [1.807, 2.05) is 158 Å². The van der Waals surface area contributed by atoms with Crippen LogP contribution < -0.4 is 40.2 Å². The number of imide groups is 2. The first-order valence-electron chi connectivity index (χ1n) is 46.1. The lowest BCUT2D eigenvalue weighted by Gasteiger charge is -2.38. The molecule has 13 aromatic carbocycles. The molecular weight excluding hydrogens is 1670 g/mol. The van der Waals surface area contributed by atoms with E-state index in [0.717, 1.165) is 53.6 Å². The lowest BCUT2D eigenvalue weighted by atomic mass is 9.80. The second-order valence-corrected chi connectivity index (χ2v) is 36.8. The Hall–Kier alpha value is -13.1. The third-order valence-electron chi connectivity index (χ3n) is 26.4. The lowest BCUT2D eigenvalue weighted by molar-refractivity contribution is -0.136. The number of hydrogen-bond donors (Lipinski definition) is 4. The predicted octanol–water partition coefficient (Wildman–Crippen LogP) is 19.5. The zero-order valence-corrected chi connectivity index (χ0v) is 75.0. The van der Waals surface area contributed by atoms with Gasteiger partial charge in [0.15, 0.2) is 0 Å². The third-order valence-corrected chi connectivity index (χ3v) is 26.4. The number of furan rings is 2. The normalized spacial score (nSPS) is 17.3. The molecule has 6 atom stereocenters. The summed E-state index contributed by atoms with van der Waals surface area (Å²) in [6, 6.07) is 60.2. The minimum Gasteiger partial charge on any atom is -0.457 e. The van der Waals surface area contributed by atoms with Crippen LogP contribution in [0.5, 0.6) is 46.0 Å². The van der Waals surface area contributed by atoms with Gasteiger partial charge in [-0.05, 0) is 154 Å². The highest BCUT2D eigenvalue weighted by atomic mass is 16.6. The van der Waals surface area contributed by atoms with Crippen molar-refractivity contribution in [1.82, 2.24) is 40.9 Å². The number of carbonyl (C=O) groups is 6. The molecular formula is C108H104N8O16. The van der Waals surface area contributed by atoms with Crippen LogP contribution in [0.2, 0.25) is 0 Å². The Balaban J connectivity index is 0.844. The number of nitrogens with one attached hydrogen (secondary N) is 4. The van der Waals surface area contributed by atoms with Crippen molar-refractivity contribution in [3.63, 3.8) is 0 Å². The molecule has 6 aliphatic heterocycles. The van der Waals surface area contributed by atoms with Crippen molar-refractivity contribution < 1.29 is 75.5 Å².